The number of carbonyl (C=O) groups excluding carboxylic acids is 1. The molecule has 0 aromatic carbocycles. The van der Waals surface area contributed by atoms with Gasteiger partial charge in [-0.2, -0.15) is 0 Å². The van der Waals surface area contributed by atoms with Gasteiger partial charge >= 0.3 is 18.0 Å². The molecule has 0 aromatic heterocycles. The smallest absolute Gasteiger partial charge is 0.326 e. The van der Waals surface area contributed by atoms with Crippen LogP contribution in [0.15, 0.2) is 0 Å². The van der Waals surface area contributed by atoms with Crippen LogP contribution in [0, 0.1) is 0 Å². The minimum atomic E-state index is -1.24. The van der Waals surface area contributed by atoms with E-state index in [1.165, 1.54) is 0 Å². The lowest BCUT2D eigenvalue weighted by atomic mass is 10.1. The van der Waals surface area contributed by atoms with Crippen molar-refractivity contribution in [3.63, 3.8) is 0 Å². The zero-order chi connectivity index (χ0) is 15.8. The monoisotopic (exact) mass is 301 g/mol. The maximum absolute atomic E-state index is 11.7. The summed E-state index contributed by atoms with van der Waals surface area (Å²) >= 11 is 0. The largest absolute Gasteiger partial charge is 0.481 e. The molecule has 2 amide bonds. The summed E-state index contributed by atoms with van der Waals surface area (Å²) in [4.78, 5) is 35.3. The van der Waals surface area contributed by atoms with Crippen LogP contribution < -0.4 is 10.6 Å². The fraction of sp³-hybridized carbons (Fsp3) is 0.769. The summed E-state index contributed by atoms with van der Waals surface area (Å²) in [6, 6.07) is -1.58. The third-order valence-corrected chi connectivity index (χ3v) is 3.57. The number of amides is 2. The highest BCUT2D eigenvalue weighted by Gasteiger charge is 2.22. The Balaban J connectivity index is 2.32. The third kappa shape index (κ3) is 6.44. The summed E-state index contributed by atoms with van der Waals surface area (Å²) in [6.07, 6.45) is 1.88. The summed E-state index contributed by atoms with van der Waals surface area (Å²) in [5, 5.41) is 22.4. The third-order valence-electron chi connectivity index (χ3n) is 3.57. The summed E-state index contributed by atoms with van der Waals surface area (Å²) in [6.45, 7) is 4.46. The molecule has 1 aliphatic heterocycles. The van der Waals surface area contributed by atoms with E-state index in [4.69, 9.17) is 10.2 Å². The lowest BCUT2D eigenvalue weighted by Gasteiger charge is -2.24. The number of nitrogens with one attached hydrogen (secondary N) is 2. The van der Waals surface area contributed by atoms with Gasteiger partial charge in [-0.3, -0.25) is 9.69 Å². The molecule has 4 N–H and O–H groups in total. The number of nitrogens with zero attached hydrogens (tertiary/aromatic N) is 1. The molecular formula is C13H23N3O5. The number of rotatable bonds is 8. The van der Waals surface area contributed by atoms with Gasteiger partial charge in [0.2, 0.25) is 0 Å². The lowest BCUT2D eigenvalue weighted by Crippen LogP contribution is -2.49. The molecule has 21 heavy (non-hydrogen) atoms. The topological polar surface area (TPSA) is 119 Å². The molecule has 2 atom stereocenters. The molecular weight excluding hydrogens is 278 g/mol. The Labute approximate surface area is 123 Å². The van der Waals surface area contributed by atoms with Crippen LogP contribution in [0.5, 0.6) is 0 Å². The van der Waals surface area contributed by atoms with Crippen molar-refractivity contribution in [2.45, 2.75) is 44.7 Å². The van der Waals surface area contributed by atoms with Crippen molar-refractivity contribution in [3.05, 3.63) is 0 Å². The van der Waals surface area contributed by atoms with Gasteiger partial charge in [-0.1, -0.05) is 0 Å². The van der Waals surface area contributed by atoms with E-state index in [9.17, 15) is 14.4 Å². The fourth-order valence-electron chi connectivity index (χ4n) is 2.29. The fourth-order valence-corrected chi connectivity index (χ4v) is 2.29. The number of likely N-dealkylation sites (tertiary alicyclic amines) is 1. The number of carboxylic acid groups (broad SMARTS) is 2. The number of urea groups is 1. The summed E-state index contributed by atoms with van der Waals surface area (Å²) < 4.78 is 0. The second-order valence-corrected chi connectivity index (χ2v) is 5.27. The van der Waals surface area contributed by atoms with Crippen molar-refractivity contribution < 1.29 is 24.6 Å². The predicted octanol–water partition coefficient (Wildman–Crippen LogP) is 0.0879. The molecule has 0 bridgehead atoms. The van der Waals surface area contributed by atoms with Gasteiger partial charge in [-0.25, -0.2) is 9.59 Å². The van der Waals surface area contributed by atoms with Crippen LogP contribution >= 0.6 is 0 Å². The first-order valence-electron chi connectivity index (χ1n) is 7.13. The van der Waals surface area contributed by atoms with Crippen molar-refractivity contribution >= 4 is 18.0 Å². The lowest BCUT2D eigenvalue weighted by molar-refractivity contribution is -0.140. The van der Waals surface area contributed by atoms with Crippen LogP contribution in [-0.2, 0) is 9.59 Å². The van der Waals surface area contributed by atoms with Gasteiger partial charge in [0.1, 0.15) is 6.04 Å². The van der Waals surface area contributed by atoms with Crippen molar-refractivity contribution in [2.24, 2.45) is 0 Å². The molecule has 1 aliphatic rings. The molecule has 0 radical (unpaired) electrons. The average molecular weight is 301 g/mol. The van der Waals surface area contributed by atoms with Crippen molar-refractivity contribution in [1.29, 1.82) is 0 Å². The predicted molar refractivity (Wildman–Crippen MR) is 75.1 cm³/mol. The number of hydrogen-bond donors (Lipinski definition) is 4. The summed E-state index contributed by atoms with van der Waals surface area (Å²) in [5.74, 6) is -2.33. The summed E-state index contributed by atoms with van der Waals surface area (Å²) in [5.41, 5.74) is 0. The van der Waals surface area contributed by atoms with Gasteiger partial charge in [0, 0.05) is 19.0 Å². The Morgan fingerprint density at radius 1 is 1.19 bits per heavy atom. The molecule has 0 aromatic rings. The van der Waals surface area contributed by atoms with Gasteiger partial charge in [0.05, 0.1) is 0 Å². The maximum Gasteiger partial charge on any atom is 0.326 e. The van der Waals surface area contributed by atoms with E-state index in [0.717, 1.165) is 25.9 Å². The minimum Gasteiger partial charge on any atom is -0.481 e. The normalized spacial score (nSPS) is 18.0. The Bertz CT molecular complexity index is 382. The maximum atomic E-state index is 11.7. The van der Waals surface area contributed by atoms with Crippen molar-refractivity contribution in [2.75, 3.05) is 19.6 Å². The molecule has 1 saturated heterocycles. The summed E-state index contributed by atoms with van der Waals surface area (Å²) in [7, 11) is 0. The van der Waals surface area contributed by atoms with Crippen molar-refractivity contribution in [3.8, 4) is 0 Å². The Morgan fingerprint density at radius 3 is 2.33 bits per heavy atom. The van der Waals surface area contributed by atoms with E-state index in [0.29, 0.717) is 6.54 Å². The molecule has 1 rings (SSSR count). The molecule has 8 nitrogen and oxygen atoms in total. The first-order chi connectivity index (χ1) is 9.90. The van der Waals surface area contributed by atoms with Gasteiger partial charge in [-0.05, 0) is 39.3 Å². The van der Waals surface area contributed by atoms with E-state index >= 15 is 0 Å². The van der Waals surface area contributed by atoms with Gasteiger partial charge in [-0.15, -0.1) is 0 Å². The molecule has 1 fully saturated rings. The Kier molecular flexibility index (Phi) is 6.93. The SMILES string of the molecule is CC(CNC(=O)N[C@@H](CCC(=O)O)C(=O)O)N1CCCC1. The number of aliphatic carboxylic acids is 2. The van der Waals surface area contributed by atoms with Crippen molar-refractivity contribution in [1.82, 2.24) is 15.5 Å². The Morgan fingerprint density at radius 2 is 1.81 bits per heavy atom. The molecule has 1 unspecified atom stereocenters. The zero-order valence-electron chi connectivity index (χ0n) is 12.2. The van der Waals surface area contributed by atoms with Crippen LogP contribution in [0.25, 0.3) is 0 Å². The minimum absolute atomic E-state index is 0.139. The molecule has 0 spiro atoms. The first-order valence-corrected chi connectivity index (χ1v) is 7.13. The van der Waals surface area contributed by atoms with E-state index in [-0.39, 0.29) is 18.9 Å². The van der Waals surface area contributed by atoms with Gasteiger partial charge in [0.15, 0.2) is 0 Å². The van der Waals surface area contributed by atoms with E-state index < -0.39 is 24.0 Å². The van der Waals surface area contributed by atoms with Gasteiger partial charge in [0.25, 0.3) is 0 Å². The molecule has 0 saturated carbocycles. The van der Waals surface area contributed by atoms with Crippen LogP contribution in [0.3, 0.4) is 0 Å². The zero-order valence-corrected chi connectivity index (χ0v) is 12.2. The highest BCUT2D eigenvalue weighted by Crippen LogP contribution is 2.10. The van der Waals surface area contributed by atoms with Crippen LogP contribution in [0.4, 0.5) is 4.79 Å². The van der Waals surface area contributed by atoms with E-state index in [1.807, 2.05) is 6.92 Å². The van der Waals surface area contributed by atoms with Crippen LogP contribution in [0.1, 0.15) is 32.6 Å². The quantitative estimate of drug-likeness (QED) is 0.504. The molecule has 120 valence electrons. The molecule has 0 aliphatic carbocycles. The molecule has 1 heterocycles. The number of hydrogen-bond acceptors (Lipinski definition) is 4. The average Bonchev–Trinajstić information content (AvgIpc) is 2.94. The molecule has 8 heteroatoms. The second-order valence-electron chi connectivity index (χ2n) is 5.27. The second kappa shape index (κ2) is 8.46. The number of carbonyl (C=O) groups is 3. The van der Waals surface area contributed by atoms with Crippen LogP contribution in [-0.4, -0.2) is 64.8 Å². The highest BCUT2D eigenvalue weighted by atomic mass is 16.4. The van der Waals surface area contributed by atoms with Gasteiger partial charge < -0.3 is 20.8 Å². The van der Waals surface area contributed by atoms with Crippen LogP contribution in [0.2, 0.25) is 0 Å². The first kappa shape index (κ1) is 17.2. The Hall–Kier alpha value is -1.83. The van der Waals surface area contributed by atoms with E-state index in [2.05, 4.69) is 15.5 Å². The van der Waals surface area contributed by atoms with E-state index in [1.54, 1.807) is 0 Å². The standard InChI is InChI=1S/C13H23N3O5/c1-9(16-6-2-3-7-16)8-14-13(21)15-10(12(19)20)4-5-11(17)18/h9-10H,2-8H2,1H3,(H,17,18)(H,19,20)(H2,14,15,21)/t9?,10-/m0/s1. The number of carboxylic acids is 2. The highest BCUT2D eigenvalue weighted by molar-refractivity contribution is 5.83.